The molecule has 9 heteroatoms. The molecule has 1 heterocycles. The maximum Gasteiger partial charge on any atom is 0.365 e. The summed E-state index contributed by atoms with van der Waals surface area (Å²) < 4.78 is 11.3. The number of hydrogen-bond donors (Lipinski definition) is 1. The maximum atomic E-state index is 12.3. The summed E-state index contributed by atoms with van der Waals surface area (Å²) in [4.78, 5) is 28.4. The molecule has 0 unspecified atom stereocenters. The van der Waals surface area contributed by atoms with Gasteiger partial charge in [-0.05, 0) is 24.3 Å². The third-order valence-corrected chi connectivity index (χ3v) is 4.11. The van der Waals surface area contributed by atoms with E-state index in [9.17, 15) is 9.59 Å². The maximum absolute atomic E-state index is 12.3. The van der Waals surface area contributed by atoms with Crippen molar-refractivity contribution < 1.29 is 14.3 Å². The quantitative estimate of drug-likeness (QED) is 0.683. The minimum Gasteiger partial charge on any atom is -0.493 e. The number of amides is 1. The van der Waals surface area contributed by atoms with E-state index in [1.165, 1.54) is 20.4 Å². The highest BCUT2D eigenvalue weighted by Crippen LogP contribution is 2.29. The number of ether oxygens (including phenoxy) is 2. The predicted molar refractivity (Wildman–Crippen MR) is 105 cm³/mol. The zero-order chi connectivity index (χ0) is 20.1. The molecular formula is C19H17ClN4O4. The molecule has 144 valence electrons. The van der Waals surface area contributed by atoms with Crippen molar-refractivity contribution in [3.8, 4) is 22.8 Å². The Morgan fingerprint density at radius 3 is 2.46 bits per heavy atom. The van der Waals surface area contributed by atoms with Crippen LogP contribution in [0.2, 0.25) is 5.02 Å². The number of nitrogens with one attached hydrogen (secondary N) is 1. The molecule has 1 aromatic heterocycles. The van der Waals surface area contributed by atoms with Crippen LogP contribution in [0, 0.1) is 0 Å². The Labute approximate surface area is 165 Å². The third kappa shape index (κ3) is 4.47. The fourth-order valence-electron chi connectivity index (χ4n) is 2.48. The van der Waals surface area contributed by atoms with Gasteiger partial charge in [-0.3, -0.25) is 4.79 Å². The SMILES string of the molecule is COc1ccc(NC(=O)Cn2ncc(-c3ccc(Cl)cc3)nc2=O)cc1OC. The van der Waals surface area contributed by atoms with Crippen LogP contribution in [0.1, 0.15) is 0 Å². The van der Waals surface area contributed by atoms with Crippen LogP contribution in [0.5, 0.6) is 11.5 Å². The molecule has 0 aliphatic carbocycles. The molecule has 3 rings (SSSR count). The standard InChI is InChI=1S/C19H17ClN4O4/c1-27-16-8-7-14(9-17(16)28-2)22-18(25)11-24-19(26)23-15(10-21-24)12-3-5-13(20)6-4-12/h3-10H,11H2,1-2H3,(H,22,25). The number of aromatic nitrogens is 3. The third-order valence-electron chi connectivity index (χ3n) is 3.86. The van der Waals surface area contributed by atoms with Crippen molar-refractivity contribution in [1.29, 1.82) is 0 Å². The van der Waals surface area contributed by atoms with E-state index in [0.29, 0.717) is 33.5 Å². The molecule has 3 aromatic rings. The Kier molecular flexibility index (Phi) is 5.90. The zero-order valence-corrected chi connectivity index (χ0v) is 15.9. The molecule has 1 amide bonds. The summed E-state index contributed by atoms with van der Waals surface area (Å²) in [6.45, 7) is -0.277. The summed E-state index contributed by atoms with van der Waals surface area (Å²) in [5, 5.41) is 7.28. The lowest BCUT2D eigenvalue weighted by atomic mass is 10.2. The molecule has 0 aliphatic rings. The van der Waals surface area contributed by atoms with Gasteiger partial charge in [-0.1, -0.05) is 23.7 Å². The average Bonchev–Trinajstić information content (AvgIpc) is 2.70. The minimum absolute atomic E-state index is 0.277. The molecule has 0 aliphatic heterocycles. The van der Waals surface area contributed by atoms with Gasteiger partial charge in [0.15, 0.2) is 11.5 Å². The number of hydrogen-bond acceptors (Lipinski definition) is 6. The highest BCUT2D eigenvalue weighted by Gasteiger charge is 2.11. The second-order valence-corrected chi connectivity index (χ2v) is 6.14. The van der Waals surface area contributed by atoms with Gasteiger partial charge in [-0.25, -0.2) is 9.48 Å². The van der Waals surface area contributed by atoms with Crippen molar-refractivity contribution in [2.45, 2.75) is 6.54 Å². The van der Waals surface area contributed by atoms with Gasteiger partial charge in [0.1, 0.15) is 6.54 Å². The van der Waals surface area contributed by atoms with E-state index < -0.39 is 11.6 Å². The number of benzene rings is 2. The molecule has 0 radical (unpaired) electrons. The molecule has 28 heavy (non-hydrogen) atoms. The topological polar surface area (TPSA) is 95.3 Å². The van der Waals surface area contributed by atoms with Crippen molar-refractivity contribution in [1.82, 2.24) is 14.8 Å². The van der Waals surface area contributed by atoms with Gasteiger partial charge >= 0.3 is 5.69 Å². The summed E-state index contributed by atoms with van der Waals surface area (Å²) in [7, 11) is 3.02. The first kappa shape index (κ1) is 19.4. The van der Waals surface area contributed by atoms with Gasteiger partial charge in [-0.2, -0.15) is 10.1 Å². The van der Waals surface area contributed by atoms with Crippen LogP contribution < -0.4 is 20.5 Å². The van der Waals surface area contributed by atoms with Crippen molar-refractivity contribution in [2.75, 3.05) is 19.5 Å². The fraction of sp³-hybridized carbons (Fsp3) is 0.158. The Balaban J connectivity index is 1.72. The van der Waals surface area contributed by atoms with Crippen LogP contribution in [0.25, 0.3) is 11.3 Å². The summed E-state index contributed by atoms with van der Waals surface area (Å²) >= 11 is 5.85. The monoisotopic (exact) mass is 400 g/mol. The van der Waals surface area contributed by atoms with Crippen molar-refractivity contribution >= 4 is 23.2 Å². The highest BCUT2D eigenvalue weighted by molar-refractivity contribution is 6.30. The van der Waals surface area contributed by atoms with Gasteiger partial charge in [-0.15, -0.1) is 0 Å². The number of rotatable bonds is 6. The molecule has 0 saturated carbocycles. The Bertz CT molecular complexity index is 1050. The number of methoxy groups -OCH3 is 2. The normalized spacial score (nSPS) is 10.4. The van der Waals surface area contributed by atoms with E-state index in [1.807, 2.05) is 0 Å². The van der Waals surface area contributed by atoms with Gasteiger partial charge in [0.05, 0.1) is 26.1 Å². The molecule has 0 saturated heterocycles. The Hall–Kier alpha value is -3.39. The summed E-state index contributed by atoms with van der Waals surface area (Å²) in [6.07, 6.45) is 1.42. The van der Waals surface area contributed by atoms with E-state index in [0.717, 1.165) is 4.68 Å². The molecule has 0 fully saturated rings. The molecule has 2 aromatic carbocycles. The van der Waals surface area contributed by atoms with Gasteiger partial charge in [0.25, 0.3) is 0 Å². The lowest BCUT2D eigenvalue weighted by Crippen LogP contribution is -2.31. The summed E-state index contributed by atoms with van der Waals surface area (Å²) in [5.74, 6) is 0.591. The first-order chi connectivity index (χ1) is 13.5. The molecular weight excluding hydrogens is 384 g/mol. The molecule has 8 nitrogen and oxygen atoms in total. The Morgan fingerprint density at radius 1 is 1.11 bits per heavy atom. The average molecular weight is 401 g/mol. The van der Waals surface area contributed by atoms with Crippen LogP contribution in [0.15, 0.2) is 53.5 Å². The van der Waals surface area contributed by atoms with Crippen molar-refractivity contribution in [2.24, 2.45) is 0 Å². The largest absolute Gasteiger partial charge is 0.493 e. The highest BCUT2D eigenvalue weighted by atomic mass is 35.5. The first-order valence-electron chi connectivity index (χ1n) is 8.22. The summed E-state index contributed by atoms with van der Waals surface area (Å²) in [6, 6.07) is 11.8. The Morgan fingerprint density at radius 2 is 1.82 bits per heavy atom. The number of carbonyl (C=O) groups is 1. The number of anilines is 1. The van der Waals surface area contributed by atoms with Crippen molar-refractivity contribution in [3.63, 3.8) is 0 Å². The van der Waals surface area contributed by atoms with E-state index in [4.69, 9.17) is 21.1 Å². The number of nitrogens with zero attached hydrogens (tertiary/aromatic N) is 3. The van der Waals surface area contributed by atoms with Gasteiger partial charge < -0.3 is 14.8 Å². The predicted octanol–water partition coefficient (Wildman–Crippen LogP) is 2.61. The second kappa shape index (κ2) is 8.53. The van der Waals surface area contributed by atoms with Crippen LogP contribution in [0.4, 0.5) is 5.69 Å². The van der Waals surface area contributed by atoms with Crippen LogP contribution >= 0.6 is 11.6 Å². The van der Waals surface area contributed by atoms with Crippen LogP contribution in [0.3, 0.4) is 0 Å². The zero-order valence-electron chi connectivity index (χ0n) is 15.2. The number of halogens is 1. The van der Waals surface area contributed by atoms with Crippen LogP contribution in [-0.4, -0.2) is 34.9 Å². The first-order valence-corrected chi connectivity index (χ1v) is 8.60. The van der Waals surface area contributed by atoms with E-state index >= 15 is 0 Å². The fourth-order valence-corrected chi connectivity index (χ4v) is 2.61. The van der Waals surface area contributed by atoms with Gasteiger partial charge in [0.2, 0.25) is 5.91 Å². The molecule has 0 atom stereocenters. The smallest absolute Gasteiger partial charge is 0.365 e. The second-order valence-electron chi connectivity index (χ2n) is 5.71. The van der Waals surface area contributed by atoms with E-state index in [1.54, 1.807) is 42.5 Å². The molecule has 0 bridgehead atoms. The van der Waals surface area contributed by atoms with E-state index in [-0.39, 0.29) is 6.54 Å². The van der Waals surface area contributed by atoms with Crippen LogP contribution in [-0.2, 0) is 11.3 Å². The molecule has 0 spiro atoms. The van der Waals surface area contributed by atoms with Gasteiger partial charge in [0, 0.05) is 22.3 Å². The number of carbonyl (C=O) groups excluding carboxylic acids is 1. The summed E-state index contributed by atoms with van der Waals surface area (Å²) in [5.41, 5.74) is 0.977. The lowest BCUT2D eigenvalue weighted by molar-refractivity contribution is -0.117. The van der Waals surface area contributed by atoms with E-state index in [2.05, 4.69) is 15.4 Å². The van der Waals surface area contributed by atoms with Crippen molar-refractivity contribution in [3.05, 3.63) is 64.2 Å². The molecule has 1 N–H and O–H groups in total. The minimum atomic E-state index is -0.630. The lowest BCUT2D eigenvalue weighted by Gasteiger charge is -2.11.